The zero-order chi connectivity index (χ0) is 22.6. The fourth-order valence-corrected chi connectivity index (χ4v) is 4.32. The summed E-state index contributed by atoms with van der Waals surface area (Å²) in [4.78, 5) is 9.40. The normalized spacial score (nSPS) is 14.4. The molecule has 0 saturated carbocycles. The Hall–Kier alpha value is -3.57. The molecule has 2 heterocycles. The summed E-state index contributed by atoms with van der Waals surface area (Å²) in [7, 11) is 2.19. The van der Waals surface area contributed by atoms with Crippen molar-refractivity contribution in [2.24, 2.45) is 0 Å². The third kappa shape index (κ3) is 4.78. The lowest BCUT2D eigenvalue weighted by molar-refractivity contribution is 0.313. The van der Waals surface area contributed by atoms with Crippen LogP contribution in [-0.4, -0.2) is 49.7 Å². The van der Waals surface area contributed by atoms with Crippen LogP contribution in [-0.2, 0) is 0 Å². The second-order valence-corrected chi connectivity index (χ2v) is 8.51. The van der Waals surface area contributed by atoms with Gasteiger partial charge in [0.05, 0.1) is 12.1 Å². The molecule has 1 aliphatic heterocycles. The van der Waals surface area contributed by atoms with Gasteiger partial charge in [0.1, 0.15) is 5.75 Å². The molecule has 33 heavy (non-hydrogen) atoms. The SMILES string of the molecule is CCOc1ccc(-c2ccc3nccc(Nc4ccc(N5CCN(C)CC5)cc4)c3c2)cc1. The van der Waals surface area contributed by atoms with Gasteiger partial charge in [0.2, 0.25) is 0 Å². The van der Waals surface area contributed by atoms with Crippen molar-refractivity contribution in [1.82, 2.24) is 9.88 Å². The number of hydrogen-bond acceptors (Lipinski definition) is 5. The topological polar surface area (TPSA) is 40.6 Å². The van der Waals surface area contributed by atoms with Gasteiger partial charge in [-0.2, -0.15) is 0 Å². The molecule has 1 N–H and O–H groups in total. The summed E-state index contributed by atoms with van der Waals surface area (Å²) in [5.41, 5.74) is 6.71. The number of likely N-dealkylation sites (N-methyl/N-ethyl adjacent to an activating group) is 1. The Morgan fingerprint density at radius 2 is 1.58 bits per heavy atom. The number of rotatable bonds is 6. The summed E-state index contributed by atoms with van der Waals surface area (Å²) in [6.45, 7) is 7.05. The van der Waals surface area contributed by atoms with Crippen LogP contribution in [0.4, 0.5) is 17.1 Å². The minimum atomic E-state index is 0.673. The number of ether oxygens (including phenoxy) is 1. The van der Waals surface area contributed by atoms with Gasteiger partial charge in [-0.05, 0) is 79.7 Å². The molecule has 5 heteroatoms. The van der Waals surface area contributed by atoms with Gasteiger partial charge in [0.15, 0.2) is 0 Å². The molecule has 1 aliphatic rings. The highest BCUT2D eigenvalue weighted by atomic mass is 16.5. The highest BCUT2D eigenvalue weighted by Gasteiger charge is 2.14. The lowest BCUT2D eigenvalue weighted by Gasteiger charge is -2.34. The van der Waals surface area contributed by atoms with E-state index in [1.54, 1.807) is 0 Å². The van der Waals surface area contributed by atoms with E-state index >= 15 is 0 Å². The molecule has 0 spiro atoms. The second kappa shape index (κ2) is 9.51. The smallest absolute Gasteiger partial charge is 0.119 e. The van der Waals surface area contributed by atoms with Crippen LogP contribution in [0, 0.1) is 0 Å². The largest absolute Gasteiger partial charge is 0.494 e. The predicted octanol–water partition coefficient (Wildman–Crippen LogP) is 5.80. The van der Waals surface area contributed by atoms with E-state index < -0.39 is 0 Å². The highest BCUT2D eigenvalue weighted by molar-refractivity contribution is 5.95. The second-order valence-electron chi connectivity index (χ2n) is 8.51. The Labute approximate surface area is 195 Å². The van der Waals surface area contributed by atoms with Crippen molar-refractivity contribution in [2.75, 3.05) is 50.1 Å². The van der Waals surface area contributed by atoms with Crippen LogP contribution in [0.15, 0.2) is 79.0 Å². The fraction of sp³-hybridized carbons (Fsp3) is 0.250. The van der Waals surface area contributed by atoms with E-state index in [9.17, 15) is 0 Å². The number of nitrogens with one attached hydrogen (secondary N) is 1. The molecule has 0 unspecified atom stereocenters. The molecule has 3 aromatic carbocycles. The van der Waals surface area contributed by atoms with Gasteiger partial charge in [0, 0.05) is 54.8 Å². The Kier molecular flexibility index (Phi) is 6.13. The Bertz CT molecular complexity index is 1210. The van der Waals surface area contributed by atoms with Crippen molar-refractivity contribution in [3.63, 3.8) is 0 Å². The molecule has 0 atom stereocenters. The molecular weight excluding hydrogens is 408 g/mol. The minimum absolute atomic E-state index is 0.673. The number of aromatic nitrogens is 1. The van der Waals surface area contributed by atoms with Crippen LogP contribution in [0.1, 0.15) is 6.92 Å². The third-order valence-corrected chi connectivity index (χ3v) is 6.25. The number of hydrogen-bond donors (Lipinski definition) is 1. The maximum atomic E-state index is 5.58. The van der Waals surface area contributed by atoms with Gasteiger partial charge < -0.3 is 19.9 Å². The summed E-state index contributed by atoms with van der Waals surface area (Å²) in [5.74, 6) is 0.895. The van der Waals surface area contributed by atoms with E-state index in [1.807, 2.05) is 31.3 Å². The van der Waals surface area contributed by atoms with Crippen molar-refractivity contribution in [2.45, 2.75) is 6.92 Å². The van der Waals surface area contributed by atoms with Crippen molar-refractivity contribution in [1.29, 1.82) is 0 Å². The van der Waals surface area contributed by atoms with E-state index in [2.05, 4.69) is 81.7 Å². The van der Waals surface area contributed by atoms with Gasteiger partial charge >= 0.3 is 0 Å². The Morgan fingerprint density at radius 3 is 2.30 bits per heavy atom. The standard InChI is InChI=1S/C28H30N4O/c1-3-33-25-11-4-21(5-12-25)22-6-13-27-26(20-22)28(14-15-29-27)30-23-7-9-24(10-8-23)32-18-16-31(2)17-19-32/h4-15,20H,3,16-19H2,1-2H3,(H,29,30). The van der Waals surface area contributed by atoms with E-state index in [-0.39, 0.29) is 0 Å². The predicted molar refractivity (Wildman–Crippen MR) is 138 cm³/mol. The molecule has 5 nitrogen and oxygen atoms in total. The maximum Gasteiger partial charge on any atom is 0.119 e. The third-order valence-electron chi connectivity index (χ3n) is 6.25. The number of benzene rings is 3. The van der Waals surface area contributed by atoms with Crippen LogP contribution >= 0.6 is 0 Å². The summed E-state index contributed by atoms with van der Waals surface area (Å²) >= 11 is 0. The number of piperazine rings is 1. The first-order chi connectivity index (χ1) is 16.2. The Balaban J connectivity index is 1.38. The molecule has 0 aliphatic carbocycles. The van der Waals surface area contributed by atoms with E-state index in [0.29, 0.717) is 6.61 Å². The number of pyridine rings is 1. The molecule has 1 aromatic heterocycles. The van der Waals surface area contributed by atoms with Crippen LogP contribution in [0.3, 0.4) is 0 Å². The van der Waals surface area contributed by atoms with Gasteiger partial charge in [-0.1, -0.05) is 18.2 Å². The Morgan fingerprint density at radius 1 is 0.848 bits per heavy atom. The van der Waals surface area contributed by atoms with Crippen LogP contribution < -0.4 is 15.0 Å². The van der Waals surface area contributed by atoms with Crippen LogP contribution in [0.2, 0.25) is 0 Å². The van der Waals surface area contributed by atoms with Crippen LogP contribution in [0.5, 0.6) is 5.75 Å². The minimum Gasteiger partial charge on any atom is -0.494 e. The first kappa shape index (κ1) is 21.3. The summed E-state index contributed by atoms with van der Waals surface area (Å²) < 4.78 is 5.58. The molecule has 0 bridgehead atoms. The first-order valence-corrected chi connectivity index (χ1v) is 11.6. The fourth-order valence-electron chi connectivity index (χ4n) is 4.32. The van der Waals surface area contributed by atoms with Crippen molar-refractivity contribution in [3.8, 4) is 16.9 Å². The maximum absolute atomic E-state index is 5.58. The number of anilines is 3. The molecule has 168 valence electrons. The molecule has 1 fully saturated rings. The lowest BCUT2D eigenvalue weighted by Crippen LogP contribution is -2.44. The zero-order valence-corrected chi connectivity index (χ0v) is 19.3. The molecule has 5 rings (SSSR count). The van der Waals surface area contributed by atoms with Crippen LogP contribution in [0.25, 0.3) is 22.0 Å². The monoisotopic (exact) mass is 438 g/mol. The van der Waals surface area contributed by atoms with Gasteiger partial charge in [-0.3, -0.25) is 4.98 Å². The summed E-state index contributed by atoms with van der Waals surface area (Å²) in [6, 6.07) is 25.5. The van der Waals surface area contributed by atoms with E-state index in [0.717, 1.165) is 65.3 Å². The number of fused-ring (bicyclic) bond motifs is 1. The molecule has 1 saturated heterocycles. The summed E-state index contributed by atoms with van der Waals surface area (Å²) in [5, 5.41) is 4.71. The molecule has 4 aromatic rings. The van der Waals surface area contributed by atoms with Crippen molar-refractivity contribution < 1.29 is 4.74 Å². The molecule has 0 amide bonds. The molecular formula is C28H30N4O. The average Bonchev–Trinajstić information content (AvgIpc) is 2.86. The lowest BCUT2D eigenvalue weighted by atomic mass is 10.0. The number of nitrogens with zero attached hydrogens (tertiary/aromatic N) is 3. The average molecular weight is 439 g/mol. The van der Waals surface area contributed by atoms with E-state index in [1.165, 1.54) is 5.69 Å². The van der Waals surface area contributed by atoms with Gasteiger partial charge in [-0.25, -0.2) is 0 Å². The van der Waals surface area contributed by atoms with Crippen molar-refractivity contribution in [3.05, 3.63) is 79.0 Å². The van der Waals surface area contributed by atoms with Gasteiger partial charge in [-0.15, -0.1) is 0 Å². The first-order valence-electron chi connectivity index (χ1n) is 11.6. The van der Waals surface area contributed by atoms with Crippen molar-refractivity contribution >= 4 is 28.0 Å². The van der Waals surface area contributed by atoms with Gasteiger partial charge in [0.25, 0.3) is 0 Å². The zero-order valence-electron chi connectivity index (χ0n) is 19.3. The quantitative estimate of drug-likeness (QED) is 0.412. The van der Waals surface area contributed by atoms with E-state index in [4.69, 9.17) is 4.74 Å². The molecule has 0 radical (unpaired) electrons. The summed E-state index contributed by atoms with van der Waals surface area (Å²) in [6.07, 6.45) is 1.86. The highest BCUT2D eigenvalue weighted by Crippen LogP contribution is 2.31.